The third-order valence-electron chi connectivity index (χ3n) is 3.78. The van der Waals surface area contributed by atoms with E-state index in [1.54, 1.807) is 44.2 Å². The van der Waals surface area contributed by atoms with E-state index in [0.717, 1.165) is 0 Å². The minimum atomic E-state index is -1.01. The van der Waals surface area contributed by atoms with E-state index >= 15 is 0 Å². The molecule has 1 amide bonds. The Balaban J connectivity index is 2.39. The van der Waals surface area contributed by atoms with Gasteiger partial charge in [0.1, 0.15) is 11.4 Å². The Hall–Kier alpha value is -4.28. The molecular formula is C21H22N4O7. The quantitative estimate of drug-likeness (QED) is 0.149. The lowest BCUT2D eigenvalue weighted by atomic mass is 10.2. The molecule has 32 heavy (non-hydrogen) atoms. The predicted molar refractivity (Wildman–Crippen MR) is 115 cm³/mol. The van der Waals surface area contributed by atoms with Gasteiger partial charge in [-0.15, -0.1) is 10.2 Å². The fraction of sp³-hybridized carbons (Fsp3) is 0.238. The summed E-state index contributed by atoms with van der Waals surface area (Å²) in [4.78, 5) is 35.0. The van der Waals surface area contributed by atoms with E-state index in [1.807, 2.05) is 0 Å². The number of anilines is 1. The molecule has 0 saturated heterocycles. The molecule has 0 atom stereocenters. The van der Waals surface area contributed by atoms with Crippen LogP contribution in [0.25, 0.3) is 0 Å². The smallest absolute Gasteiger partial charge is 0.494 e. The van der Waals surface area contributed by atoms with Crippen molar-refractivity contribution >= 4 is 29.1 Å². The largest absolute Gasteiger partial charge is 0.513 e. The molecule has 0 aliphatic heterocycles. The van der Waals surface area contributed by atoms with Crippen molar-refractivity contribution in [2.75, 3.05) is 12.4 Å². The lowest BCUT2D eigenvalue weighted by molar-refractivity contribution is -0.384. The second-order valence-corrected chi connectivity index (χ2v) is 6.56. The summed E-state index contributed by atoms with van der Waals surface area (Å²) in [5.74, 6) is -0.784. The van der Waals surface area contributed by atoms with Crippen LogP contribution in [-0.4, -0.2) is 30.2 Å². The maximum Gasteiger partial charge on any atom is 0.513 e. The van der Waals surface area contributed by atoms with Crippen molar-refractivity contribution in [2.24, 2.45) is 10.2 Å². The number of ether oxygens (including phenoxy) is 3. The standard InChI is InChI=1S/C21H22N4O7/c1-13(2)31-21(27)32-14(3)19(20(26)22-15-8-6-5-7-9-15)24-23-17-11-10-16(25(28)29)12-18(17)30-4/h5-13H,1-4H3,(H,22,26)/b19-14+,24-23?. The summed E-state index contributed by atoms with van der Waals surface area (Å²) in [5.41, 5.74) is 0.0978. The van der Waals surface area contributed by atoms with Crippen LogP contribution in [0.3, 0.4) is 0 Å². The number of non-ortho nitro benzene ring substituents is 1. The van der Waals surface area contributed by atoms with Gasteiger partial charge in [-0.2, -0.15) is 0 Å². The summed E-state index contributed by atoms with van der Waals surface area (Å²) in [6, 6.07) is 12.3. The molecule has 0 radical (unpaired) electrons. The van der Waals surface area contributed by atoms with Crippen molar-refractivity contribution in [2.45, 2.75) is 26.9 Å². The number of nitro groups is 1. The number of nitrogens with zero attached hydrogens (tertiary/aromatic N) is 3. The van der Waals surface area contributed by atoms with Gasteiger partial charge in [0.25, 0.3) is 11.6 Å². The number of carbonyl (C=O) groups excluding carboxylic acids is 2. The van der Waals surface area contributed by atoms with E-state index in [-0.39, 0.29) is 28.6 Å². The number of azo groups is 1. The molecule has 0 aromatic heterocycles. The van der Waals surface area contributed by atoms with Gasteiger partial charge in [0, 0.05) is 11.8 Å². The molecule has 0 fully saturated rings. The molecule has 1 N–H and O–H groups in total. The van der Waals surface area contributed by atoms with Crippen LogP contribution in [-0.2, 0) is 14.3 Å². The molecule has 0 unspecified atom stereocenters. The maximum absolute atomic E-state index is 12.8. The second kappa shape index (κ2) is 11.2. The van der Waals surface area contributed by atoms with E-state index in [0.29, 0.717) is 5.69 Å². The summed E-state index contributed by atoms with van der Waals surface area (Å²) < 4.78 is 15.1. The lowest BCUT2D eigenvalue weighted by Crippen LogP contribution is -2.18. The van der Waals surface area contributed by atoms with Gasteiger partial charge in [-0.3, -0.25) is 14.9 Å². The zero-order valence-corrected chi connectivity index (χ0v) is 17.9. The minimum Gasteiger partial charge on any atom is -0.494 e. The van der Waals surface area contributed by atoms with Crippen molar-refractivity contribution in [3.8, 4) is 5.75 Å². The van der Waals surface area contributed by atoms with Crippen LogP contribution in [0.2, 0.25) is 0 Å². The molecule has 11 heteroatoms. The first-order chi connectivity index (χ1) is 15.2. The summed E-state index contributed by atoms with van der Waals surface area (Å²) in [7, 11) is 1.31. The van der Waals surface area contributed by atoms with Crippen LogP contribution < -0.4 is 10.1 Å². The van der Waals surface area contributed by atoms with E-state index < -0.39 is 23.1 Å². The predicted octanol–water partition coefficient (Wildman–Crippen LogP) is 5.12. The summed E-state index contributed by atoms with van der Waals surface area (Å²) in [5, 5.41) is 21.4. The first-order valence-electron chi connectivity index (χ1n) is 9.41. The highest BCUT2D eigenvalue weighted by molar-refractivity contribution is 6.03. The Labute approximate surface area is 183 Å². The first kappa shape index (κ1) is 24.0. The van der Waals surface area contributed by atoms with Gasteiger partial charge in [0.15, 0.2) is 11.4 Å². The van der Waals surface area contributed by atoms with Crippen molar-refractivity contribution < 1.29 is 28.7 Å². The zero-order chi connectivity index (χ0) is 23.7. The zero-order valence-electron chi connectivity index (χ0n) is 17.9. The Morgan fingerprint density at radius 1 is 1.12 bits per heavy atom. The number of nitro benzene ring substituents is 1. The van der Waals surface area contributed by atoms with Gasteiger partial charge in [0.05, 0.1) is 24.2 Å². The molecule has 2 aromatic carbocycles. The van der Waals surface area contributed by atoms with Gasteiger partial charge in [-0.1, -0.05) is 18.2 Å². The molecule has 2 aromatic rings. The van der Waals surface area contributed by atoms with E-state index in [9.17, 15) is 19.7 Å². The normalized spacial score (nSPS) is 11.7. The third kappa shape index (κ3) is 6.90. The van der Waals surface area contributed by atoms with Gasteiger partial charge in [-0.05, 0) is 39.0 Å². The summed E-state index contributed by atoms with van der Waals surface area (Å²) >= 11 is 0. The SMILES string of the molecule is COc1cc([N+](=O)[O-])ccc1N=N/C(C(=O)Nc1ccccc1)=C(\C)OC(=O)OC(C)C. The van der Waals surface area contributed by atoms with Crippen LogP contribution >= 0.6 is 0 Å². The Morgan fingerprint density at radius 3 is 2.41 bits per heavy atom. The van der Waals surface area contributed by atoms with Crippen molar-refractivity contribution in [1.82, 2.24) is 0 Å². The summed E-state index contributed by atoms with van der Waals surface area (Å²) in [6.07, 6.45) is -1.44. The van der Waals surface area contributed by atoms with Crippen LogP contribution in [0, 0.1) is 10.1 Å². The Morgan fingerprint density at radius 2 is 1.81 bits per heavy atom. The molecule has 2 rings (SSSR count). The highest BCUT2D eigenvalue weighted by Crippen LogP contribution is 2.32. The van der Waals surface area contributed by atoms with E-state index in [4.69, 9.17) is 14.2 Å². The maximum atomic E-state index is 12.8. The van der Waals surface area contributed by atoms with E-state index in [2.05, 4.69) is 15.5 Å². The number of para-hydroxylation sites is 1. The summed E-state index contributed by atoms with van der Waals surface area (Å²) in [6.45, 7) is 4.64. The fourth-order valence-electron chi connectivity index (χ4n) is 2.34. The van der Waals surface area contributed by atoms with Crippen molar-refractivity contribution in [1.29, 1.82) is 0 Å². The minimum absolute atomic E-state index is 0.0727. The van der Waals surface area contributed by atoms with Crippen LogP contribution in [0.1, 0.15) is 20.8 Å². The molecular weight excluding hydrogens is 420 g/mol. The molecule has 0 bridgehead atoms. The van der Waals surface area contributed by atoms with Gasteiger partial charge in [0.2, 0.25) is 0 Å². The van der Waals surface area contributed by atoms with Gasteiger partial charge in [-0.25, -0.2) is 4.79 Å². The second-order valence-electron chi connectivity index (χ2n) is 6.56. The molecule has 0 saturated carbocycles. The average Bonchev–Trinajstić information content (AvgIpc) is 2.73. The molecule has 0 aliphatic carbocycles. The highest BCUT2D eigenvalue weighted by Gasteiger charge is 2.19. The number of benzene rings is 2. The van der Waals surface area contributed by atoms with Crippen molar-refractivity contribution in [3.05, 3.63) is 70.1 Å². The molecule has 0 heterocycles. The lowest BCUT2D eigenvalue weighted by Gasteiger charge is -2.11. The highest BCUT2D eigenvalue weighted by atomic mass is 16.7. The molecule has 0 aliphatic rings. The molecule has 0 spiro atoms. The number of hydrogen-bond donors (Lipinski definition) is 1. The number of amides is 1. The first-order valence-corrected chi connectivity index (χ1v) is 9.41. The van der Waals surface area contributed by atoms with Crippen LogP contribution in [0.5, 0.6) is 5.75 Å². The topological polar surface area (TPSA) is 142 Å². The number of hydrogen-bond acceptors (Lipinski definition) is 9. The number of allylic oxidation sites excluding steroid dienone is 1. The van der Waals surface area contributed by atoms with Gasteiger partial charge >= 0.3 is 6.16 Å². The average molecular weight is 442 g/mol. The Bertz CT molecular complexity index is 1050. The van der Waals surface area contributed by atoms with Crippen molar-refractivity contribution in [3.63, 3.8) is 0 Å². The monoisotopic (exact) mass is 442 g/mol. The van der Waals surface area contributed by atoms with E-state index in [1.165, 1.54) is 32.2 Å². The molecule has 168 valence electrons. The fourth-order valence-corrected chi connectivity index (χ4v) is 2.34. The molecule has 11 nitrogen and oxygen atoms in total. The number of methoxy groups -OCH3 is 1. The third-order valence-corrected chi connectivity index (χ3v) is 3.78. The number of carbonyl (C=O) groups is 2. The Kier molecular flexibility index (Phi) is 8.40. The van der Waals surface area contributed by atoms with Crippen LogP contribution in [0.4, 0.5) is 21.9 Å². The van der Waals surface area contributed by atoms with Gasteiger partial charge < -0.3 is 19.5 Å². The van der Waals surface area contributed by atoms with Crippen LogP contribution in [0.15, 0.2) is 70.2 Å². The number of rotatable bonds is 8. The number of nitrogens with one attached hydrogen (secondary N) is 1.